The second-order valence-corrected chi connectivity index (χ2v) is 23.3. The number of nitrogens with two attached hydrogens (primary N) is 10. The van der Waals surface area contributed by atoms with Crippen molar-refractivity contribution in [2.75, 3.05) is 26.2 Å². The zero-order valence-corrected chi connectivity index (χ0v) is 54.2. The Morgan fingerprint density at radius 3 is 0.969 bits per heavy atom. The Labute approximate surface area is 558 Å². The number of primary amides is 1. The number of fused-ring (bicyclic) bond motifs is 3. The molecule has 6 rings (SSSR count). The van der Waals surface area contributed by atoms with Gasteiger partial charge in [0.15, 0.2) is 23.8 Å². The predicted octanol–water partition coefficient (Wildman–Crippen LogP) is -3.90. The monoisotopic (exact) mass is 1340 g/mol. The van der Waals surface area contributed by atoms with Gasteiger partial charge in [-0.1, -0.05) is 54.6 Å². The molecule has 0 spiro atoms. The number of carbonyl (C=O) groups is 9. The van der Waals surface area contributed by atoms with Crippen molar-refractivity contribution in [3.8, 4) is 0 Å². The quantitative estimate of drug-likeness (QED) is 0.00997. The number of hydrogen-bond donors (Lipinski definition) is 21. The molecular formula is C63H91N25O9. The molecule has 0 saturated carbocycles. The molecule has 3 aromatic heterocycles. The van der Waals surface area contributed by atoms with Crippen LogP contribution in [0.1, 0.15) is 81.9 Å². The number of nitrogens with one attached hydrogen (secondary N) is 11. The number of aromatic amines is 3. The van der Waals surface area contributed by atoms with Gasteiger partial charge in [0.1, 0.15) is 48.3 Å². The van der Waals surface area contributed by atoms with Crippen molar-refractivity contribution in [1.82, 2.24) is 57.5 Å². The molecule has 522 valence electrons. The highest BCUT2D eigenvalue weighted by molar-refractivity contribution is 5.99. The van der Waals surface area contributed by atoms with Crippen LogP contribution in [0.2, 0.25) is 0 Å². The fourth-order valence-electron chi connectivity index (χ4n) is 10.6. The van der Waals surface area contributed by atoms with Gasteiger partial charge in [0.25, 0.3) is 0 Å². The zero-order chi connectivity index (χ0) is 70.7. The van der Waals surface area contributed by atoms with E-state index in [0.29, 0.717) is 23.1 Å². The molecule has 6 aromatic rings. The van der Waals surface area contributed by atoms with Crippen molar-refractivity contribution in [1.29, 1.82) is 0 Å². The summed E-state index contributed by atoms with van der Waals surface area (Å²) in [6, 6.07) is 9.93. The highest BCUT2D eigenvalue weighted by Crippen LogP contribution is 2.23. The molecule has 0 fully saturated rings. The van der Waals surface area contributed by atoms with Crippen molar-refractivity contribution >= 4 is 110 Å². The van der Waals surface area contributed by atoms with Gasteiger partial charge in [-0.2, -0.15) is 0 Å². The highest BCUT2D eigenvalue weighted by Gasteiger charge is 2.35. The minimum atomic E-state index is -1.46. The molecule has 9 amide bonds. The lowest BCUT2D eigenvalue weighted by molar-refractivity contribution is -0.135. The van der Waals surface area contributed by atoms with Crippen LogP contribution in [0.5, 0.6) is 0 Å². The lowest BCUT2D eigenvalue weighted by Gasteiger charge is -2.27. The molecule has 0 aliphatic heterocycles. The van der Waals surface area contributed by atoms with Crippen molar-refractivity contribution < 1.29 is 43.2 Å². The maximum Gasteiger partial charge on any atom is 0.243 e. The molecule has 0 aliphatic rings. The Kier molecular flexibility index (Phi) is 28.3. The fourth-order valence-corrected chi connectivity index (χ4v) is 10.6. The second kappa shape index (κ2) is 36.9. The molecule has 34 nitrogen and oxygen atoms in total. The van der Waals surface area contributed by atoms with Gasteiger partial charge in [0, 0.05) is 96.7 Å². The van der Waals surface area contributed by atoms with Gasteiger partial charge in [-0.3, -0.25) is 63.1 Å². The van der Waals surface area contributed by atoms with Gasteiger partial charge < -0.3 is 115 Å². The minimum Gasteiger partial charge on any atom is -0.370 e. The summed E-state index contributed by atoms with van der Waals surface area (Å²) >= 11 is 0. The molecule has 3 aromatic carbocycles. The predicted molar refractivity (Wildman–Crippen MR) is 370 cm³/mol. The van der Waals surface area contributed by atoms with E-state index in [1.807, 2.05) is 60.7 Å². The molecular weight excluding hydrogens is 1250 g/mol. The first-order valence-corrected chi connectivity index (χ1v) is 31.6. The van der Waals surface area contributed by atoms with E-state index < -0.39 is 108 Å². The summed E-state index contributed by atoms with van der Waals surface area (Å²) in [5, 5.41) is 23.9. The number of carbonyl (C=O) groups excluding carboxylic acids is 9. The van der Waals surface area contributed by atoms with Crippen molar-refractivity contribution in [3.05, 3.63) is 108 Å². The molecule has 0 radical (unpaired) electrons. The largest absolute Gasteiger partial charge is 0.370 e. The topological polar surface area (TPSA) is 607 Å². The van der Waals surface area contributed by atoms with E-state index in [0.717, 1.165) is 32.7 Å². The number of amides is 9. The van der Waals surface area contributed by atoms with Gasteiger partial charge in [0.05, 0.1) is 6.04 Å². The van der Waals surface area contributed by atoms with Crippen molar-refractivity contribution in [2.24, 2.45) is 77.3 Å². The van der Waals surface area contributed by atoms with Crippen LogP contribution in [-0.4, -0.2) is 173 Å². The summed E-state index contributed by atoms with van der Waals surface area (Å²) in [6.07, 6.45) is 5.56. The molecule has 31 N–H and O–H groups in total. The Morgan fingerprint density at radius 2 is 0.619 bits per heavy atom. The first kappa shape index (κ1) is 74.6. The maximum absolute atomic E-state index is 15.1. The number of hydrogen-bond acceptors (Lipinski definition) is 14. The van der Waals surface area contributed by atoms with Crippen LogP contribution in [0.4, 0.5) is 0 Å². The smallest absolute Gasteiger partial charge is 0.243 e. The standard InChI is InChI=1S/C63H91N25O9/c1-33(52(90)83-45(51(65)89)20-10-24-75-61(68)69)82-57(95)48(27-35-30-78-42-17-6-3-13-38(35)42)86-53(91)34(2)81-55(93)46(21-11-25-76-62(70)71)84-56(94)47(22-12-26-77-63(72)73)85-58(96)50(29-37-32-80-44-19-8-5-15-40(37)44)88-59(97)49(28-36-31-79-43-18-7-4-14-39(36)43)87-54(92)41(64)16-9-23-74-60(66)67/h3-8,13-15,17-19,30-34,41,45-50,78-80H,9-12,16,20-29,64H2,1-2H3,(H2,65,89)(H,81,93)(H,82,95)(H,83,90)(H,84,94)(H,85,96)(H,86,91)(H,87,92)(H,88,97)(H4,66,67,74)(H4,68,69,75)(H4,70,71,76)(H4,72,73,77)/t33-,34-,41-,45-,46-,47-,48-,49-,50-/m0/s1. The molecule has 0 saturated heterocycles. The number of para-hydroxylation sites is 3. The first-order valence-electron chi connectivity index (χ1n) is 31.6. The molecule has 0 unspecified atom stereocenters. The third-order valence-corrected chi connectivity index (χ3v) is 15.8. The van der Waals surface area contributed by atoms with Gasteiger partial charge in [-0.05, 0) is 100 Å². The third-order valence-electron chi connectivity index (χ3n) is 15.8. The van der Waals surface area contributed by atoms with Crippen LogP contribution in [0.25, 0.3) is 32.7 Å². The molecule has 0 aliphatic carbocycles. The van der Waals surface area contributed by atoms with E-state index in [4.69, 9.17) is 57.3 Å². The average Bonchev–Trinajstić information content (AvgIpc) is 1.75. The molecule has 0 bridgehead atoms. The number of nitrogens with zero attached hydrogens (tertiary/aromatic N) is 4. The third kappa shape index (κ3) is 23.5. The Hall–Kier alpha value is -11.4. The number of benzene rings is 3. The normalized spacial score (nSPS) is 13.9. The zero-order valence-electron chi connectivity index (χ0n) is 54.2. The van der Waals surface area contributed by atoms with Crippen molar-refractivity contribution in [2.45, 2.75) is 139 Å². The summed E-state index contributed by atoms with van der Waals surface area (Å²) < 4.78 is 0. The molecule has 34 heteroatoms. The van der Waals surface area contributed by atoms with Crippen LogP contribution in [0.15, 0.2) is 111 Å². The van der Waals surface area contributed by atoms with E-state index in [2.05, 4.69) is 77.5 Å². The second-order valence-electron chi connectivity index (χ2n) is 23.3. The summed E-state index contributed by atoms with van der Waals surface area (Å²) in [6.45, 7) is 3.07. The molecule has 3 heterocycles. The summed E-state index contributed by atoms with van der Waals surface area (Å²) in [5.41, 5.74) is 60.4. The first-order chi connectivity index (χ1) is 46.3. The van der Waals surface area contributed by atoms with Crippen LogP contribution in [0.3, 0.4) is 0 Å². The summed E-state index contributed by atoms with van der Waals surface area (Å²) in [4.78, 5) is 153. The average molecular weight is 1340 g/mol. The Balaban J connectivity index is 1.25. The highest BCUT2D eigenvalue weighted by atomic mass is 16.2. The number of aliphatic imine (C=N–C) groups is 4. The van der Waals surface area contributed by atoms with Gasteiger partial charge in [0.2, 0.25) is 53.2 Å². The van der Waals surface area contributed by atoms with Gasteiger partial charge >= 0.3 is 0 Å². The van der Waals surface area contributed by atoms with Crippen molar-refractivity contribution in [3.63, 3.8) is 0 Å². The van der Waals surface area contributed by atoms with Crippen LogP contribution >= 0.6 is 0 Å². The summed E-state index contributed by atoms with van der Waals surface area (Å²) in [7, 11) is 0. The van der Waals surface area contributed by atoms with E-state index in [1.54, 1.807) is 30.7 Å². The SMILES string of the molecule is C[C@H](NC(=O)[C@H](Cc1c[nH]c2ccccc12)NC(=O)[C@H](C)NC(=O)[C@H](CCCN=C(N)N)NC(=O)[C@H](CCCN=C(N)N)NC(=O)[C@H](Cc1c[nH]c2ccccc12)NC(=O)[C@H](Cc1c[nH]c2ccccc12)NC(=O)[C@@H](N)CCCN=C(N)N)C(=O)N[C@@H](CCCN=C(N)N)C(N)=O. The lowest BCUT2D eigenvalue weighted by Crippen LogP contribution is -2.60. The number of rotatable bonds is 39. The van der Waals surface area contributed by atoms with Crippen LogP contribution < -0.4 is 99.9 Å². The number of H-pyrrole nitrogens is 3. The molecule has 9 atom stereocenters. The van der Waals surface area contributed by atoms with E-state index in [1.165, 1.54) is 13.8 Å². The fraction of sp³-hybridized carbons (Fsp3) is 0.413. The Bertz CT molecular complexity index is 3820. The Morgan fingerprint density at radius 1 is 0.351 bits per heavy atom. The maximum atomic E-state index is 15.1. The lowest BCUT2D eigenvalue weighted by atomic mass is 10.0. The number of guanidine groups is 4. The minimum absolute atomic E-state index is 0.00215. The van der Waals surface area contributed by atoms with Crippen LogP contribution in [0, 0.1) is 0 Å². The van der Waals surface area contributed by atoms with Crippen LogP contribution in [-0.2, 0) is 62.4 Å². The van der Waals surface area contributed by atoms with E-state index in [9.17, 15) is 38.4 Å². The number of aromatic nitrogens is 3. The van der Waals surface area contributed by atoms with Gasteiger partial charge in [-0.15, -0.1) is 0 Å². The summed E-state index contributed by atoms with van der Waals surface area (Å²) in [5.74, 6) is -8.09. The van der Waals surface area contributed by atoms with E-state index in [-0.39, 0.29) is 114 Å². The van der Waals surface area contributed by atoms with Gasteiger partial charge in [-0.25, -0.2) is 0 Å². The van der Waals surface area contributed by atoms with E-state index >= 15 is 4.79 Å². The molecule has 97 heavy (non-hydrogen) atoms.